The molecule has 0 saturated carbocycles. The Morgan fingerprint density at radius 2 is 1.51 bits per heavy atom. The number of thiocarbonyl (C=S) groups is 1. The third-order valence-electron chi connectivity index (χ3n) is 5.72. The summed E-state index contributed by atoms with van der Waals surface area (Å²) < 4.78 is 40.7. The van der Waals surface area contributed by atoms with Crippen molar-refractivity contribution in [2.24, 2.45) is 0 Å². The van der Waals surface area contributed by atoms with Gasteiger partial charge < -0.3 is 20.4 Å². The summed E-state index contributed by atoms with van der Waals surface area (Å²) in [5.41, 5.74) is 1.31. The van der Waals surface area contributed by atoms with Crippen molar-refractivity contribution in [2.45, 2.75) is 19.0 Å². The second kappa shape index (κ2) is 11.4. The van der Waals surface area contributed by atoms with Gasteiger partial charge in [-0.1, -0.05) is 48.5 Å². The molecule has 1 saturated heterocycles. The number of aryl methyl sites for hydroxylation is 1. The topological polar surface area (TPSA) is 56.3 Å². The number of rotatable bonds is 7. The lowest BCUT2D eigenvalue weighted by molar-refractivity contribution is -0.141. The average Bonchev–Trinajstić information content (AvgIpc) is 2.87. The van der Waals surface area contributed by atoms with Gasteiger partial charge in [-0.05, 0) is 42.8 Å². The highest BCUT2D eigenvalue weighted by Crippen LogP contribution is 2.31. The molecule has 0 amide bonds. The molecule has 0 radical (unpaired) electrons. The molecule has 0 aliphatic carbocycles. The Morgan fingerprint density at radius 1 is 0.886 bits per heavy atom. The third kappa shape index (κ3) is 7.05. The summed E-state index contributed by atoms with van der Waals surface area (Å²) in [5, 5.41) is 5.94. The molecule has 1 aromatic heterocycles. The number of hydrogen-bond donors (Lipinski definition) is 2. The highest BCUT2D eigenvalue weighted by Gasteiger charge is 2.34. The van der Waals surface area contributed by atoms with Gasteiger partial charge >= 0.3 is 6.18 Å². The van der Waals surface area contributed by atoms with E-state index in [1.165, 1.54) is 5.56 Å². The number of hydrogen-bond acceptors (Lipinski definition) is 5. The Kier molecular flexibility index (Phi) is 8.02. The van der Waals surface area contributed by atoms with Gasteiger partial charge in [-0.2, -0.15) is 18.2 Å². The predicted molar refractivity (Wildman–Crippen MR) is 137 cm³/mol. The molecular formula is C25H27F3N6S. The molecule has 0 unspecified atom stereocenters. The van der Waals surface area contributed by atoms with E-state index in [1.54, 1.807) is 0 Å². The molecular weight excluding hydrogens is 473 g/mol. The Bertz CT molecular complexity index is 1100. The Balaban J connectivity index is 1.37. The fourth-order valence-electron chi connectivity index (χ4n) is 3.91. The predicted octanol–water partition coefficient (Wildman–Crippen LogP) is 4.74. The van der Waals surface area contributed by atoms with Gasteiger partial charge in [0.05, 0.1) is 0 Å². The molecule has 3 aromatic rings. The second-order valence-electron chi connectivity index (χ2n) is 8.21. The number of piperazine rings is 1. The number of halogens is 3. The van der Waals surface area contributed by atoms with E-state index >= 15 is 0 Å². The summed E-state index contributed by atoms with van der Waals surface area (Å²) >= 11 is 5.27. The fraction of sp³-hybridized carbons (Fsp3) is 0.320. The van der Waals surface area contributed by atoms with Crippen LogP contribution in [0.2, 0.25) is 0 Å². The SMILES string of the molecule is FC(F)(F)c1cc(N2CCN(c3ccccc3)CC2)nc(NC(=S)NCCCc2ccccc2)n1. The monoisotopic (exact) mass is 500 g/mol. The van der Waals surface area contributed by atoms with Crippen LogP contribution in [0.4, 0.5) is 30.6 Å². The fourth-order valence-corrected chi connectivity index (χ4v) is 4.11. The van der Waals surface area contributed by atoms with Crippen LogP contribution in [0.15, 0.2) is 66.7 Å². The maximum atomic E-state index is 13.6. The summed E-state index contributed by atoms with van der Waals surface area (Å²) in [7, 11) is 0. The number of alkyl halides is 3. The van der Waals surface area contributed by atoms with Gasteiger partial charge in [0.2, 0.25) is 5.95 Å². The zero-order chi connectivity index (χ0) is 24.7. The Morgan fingerprint density at radius 3 is 2.17 bits per heavy atom. The van der Waals surface area contributed by atoms with Crippen molar-refractivity contribution in [1.82, 2.24) is 15.3 Å². The van der Waals surface area contributed by atoms with Gasteiger partial charge in [0.15, 0.2) is 10.8 Å². The lowest BCUT2D eigenvalue weighted by Crippen LogP contribution is -2.47. The van der Waals surface area contributed by atoms with E-state index < -0.39 is 11.9 Å². The summed E-state index contributed by atoms with van der Waals surface area (Å²) in [5.74, 6) is 0.0651. The van der Waals surface area contributed by atoms with Gasteiger partial charge in [0, 0.05) is 44.5 Å². The minimum Gasteiger partial charge on any atom is -0.368 e. The van der Waals surface area contributed by atoms with Crippen LogP contribution < -0.4 is 20.4 Å². The molecule has 10 heteroatoms. The van der Waals surface area contributed by atoms with Crippen LogP contribution in [0.3, 0.4) is 0 Å². The molecule has 2 aromatic carbocycles. The Labute approximate surface area is 208 Å². The summed E-state index contributed by atoms with van der Waals surface area (Å²) in [6.07, 6.45) is -2.90. The zero-order valence-electron chi connectivity index (χ0n) is 19.1. The molecule has 4 rings (SSSR count). The average molecular weight is 501 g/mol. The van der Waals surface area contributed by atoms with E-state index in [2.05, 4.69) is 25.5 Å². The molecule has 35 heavy (non-hydrogen) atoms. The third-order valence-corrected chi connectivity index (χ3v) is 5.97. The second-order valence-corrected chi connectivity index (χ2v) is 8.62. The quantitative estimate of drug-likeness (QED) is 0.359. The first kappa shape index (κ1) is 24.7. The molecule has 6 nitrogen and oxygen atoms in total. The van der Waals surface area contributed by atoms with Crippen LogP contribution in [-0.4, -0.2) is 47.8 Å². The molecule has 0 spiro atoms. The standard InChI is InChI=1S/C25H27F3N6S/c26-25(27,28)21-18-22(34-16-14-33(15-17-34)20-11-5-2-6-12-20)31-23(30-21)32-24(35)29-13-7-10-19-8-3-1-4-9-19/h1-6,8-9,11-12,18H,7,10,13-17H2,(H2,29,30,31,32,35). The number of aromatic nitrogens is 2. The number of para-hydroxylation sites is 1. The van der Waals surface area contributed by atoms with Crippen LogP contribution >= 0.6 is 12.2 Å². The molecule has 2 N–H and O–H groups in total. The van der Waals surface area contributed by atoms with Crippen LogP contribution in [-0.2, 0) is 12.6 Å². The van der Waals surface area contributed by atoms with Crippen molar-refractivity contribution in [2.75, 3.05) is 47.8 Å². The summed E-state index contributed by atoms with van der Waals surface area (Å²) in [6.45, 7) is 3.03. The molecule has 0 atom stereocenters. The number of nitrogens with one attached hydrogen (secondary N) is 2. The van der Waals surface area contributed by atoms with E-state index in [1.807, 2.05) is 65.6 Å². The van der Waals surface area contributed by atoms with E-state index in [0.717, 1.165) is 24.6 Å². The van der Waals surface area contributed by atoms with Crippen molar-refractivity contribution in [1.29, 1.82) is 0 Å². The minimum atomic E-state index is -4.59. The van der Waals surface area contributed by atoms with E-state index in [4.69, 9.17) is 12.2 Å². The maximum Gasteiger partial charge on any atom is 0.433 e. The van der Waals surface area contributed by atoms with Gasteiger partial charge in [0.25, 0.3) is 0 Å². The first-order valence-corrected chi connectivity index (χ1v) is 11.9. The van der Waals surface area contributed by atoms with Crippen molar-refractivity contribution in [3.63, 3.8) is 0 Å². The molecule has 1 aliphatic heterocycles. The van der Waals surface area contributed by atoms with Crippen molar-refractivity contribution in [3.05, 3.63) is 78.0 Å². The minimum absolute atomic E-state index is 0.166. The van der Waals surface area contributed by atoms with Gasteiger partial charge in [-0.25, -0.2) is 4.98 Å². The highest BCUT2D eigenvalue weighted by molar-refractivity contribution is 7.80. The van der Waals surface area contributed by atoms with E-state index in [9.17, 15) is 13.2 Å². The van der Waals surface area contributed by atoms with Crippen LogP contribution in [0.5, 0.6) is 0 Å². The molecule has 1 aliphatic rings. The number of anilines is 3. The molecule has 0 bridgehead atoms. The maximum absolute atomic E-state index is 13.6. The van der Waals surface area contributed by atoms with Crippen molar-refractivity contribution < 1.29 is 13.2 Å². The lowest BCUT2D eigenvalue weighted by Gasteiger charge is -2.37. The molecule has 184 valence electrons. The van der Waals surface area contributed by atoms with Gasteiger partial charge in [0.1, 0.15) is 5.82 Å². The smallest absolute Gasteiger partial charge is 0.368 e. The lowest BCUT2D eigenvalue weighted by atomic mass is 10.1. The molecule has 1 fully saturated rings. The Hall–Kier alpha value is -3.40. The van der Waals surface area contributed by atoms with Crippen LogP contribution in [0.1, 0.15) is 17.7 Å². The van der Waals surface area contributed by atoms with E-state index in [0.29, 0.717) is 32.7 Å². The van der Waals surface area contributed by atoms with Crippen molar-refractivity contribution in [3.8, 4) is 0 Å². The largest absolute Gasteiger partial charge is 0.433 e. The van der Waals surface area contributed by atoms with Crippen molar-refractivity contribution >= 4 is 34.8 Å². The zero-order valence-corrected chi connectivity index (χ0v) is 19.9. The van der Waals surface area contributed by atoms with Crippen LogP contribution in [0, 0.1) is 0 Å². The first-order valence-electron chi connectivity index (χ1n) is 11.5. The number of benzene rings is 2. The summed E-state index contributed by atoms with van der Waals surface area (Å²) in [4.78, 5) is 12.1. The van der Waals surface area contributed by atoms with Gasteiger partial charge in [-0.3, -0.25) is 0 Å². The van der Waals surface area contributed by atoms with Crippen LogP contribution in [0.25, 0.3) is 0 Å². The van der Waals surface area contributed by atoms with E-state index in [-0.39, 0.29) is 16.9 Å². The highest BCUT2D eigenvalue weighted by atomic mass is 32.1. The normalized spacial score (nSPS) is 14.0. The molecule has 2 heterocycles. The first-order chi connectivity index (χ1) is 16.9. The summed E-state index contributed by atoms with van der Waals surface area (Å²) in [6, 6.07) is 21.0. The van der Waals surface area contributed by atoms with Gasteiger partial charge in [-0.15, -0.1) is 0 Å². The number of nitrogens with zero attached hydrogens (tertiary/aromatic N) is 4.